The van der Waals surface area contributed by atoms with Crippen molar-refractivity contribution < 1.29 is 4.42 Å². The highest BCUT2D eigenvalue weighted by molar-refractivity contribution is 6.10. The third-order valence-electron chi connectivity index (χ3n) is 11.6. The molecule has 0 saturated heterocycles. The van der Waals surface area contributed by atoms with Gasteiger partial charge in [-0.25, -0.2) is 0 Å². The fourth-order valence-electron chi connectivity index (χ4n) is 9.08. The first-order valence-corrected chi connectivity index (χ1v) is 17.4. The molecule has 1 aromatic heterocycles. The van der Waals surface area contributed by atoms with Gasteiger partial charge in [-0.2, -0.15) is 0 Å². The number of anilines is 3. The standard InChI is InChI=1S/C47H37NO/c1-28-13-6-10-18-41(28)48(42-19-12-17-35-33-16-9-11-20-43(33)49-45(35)42)30-22-24-32-36-26-40-37(27-39(36)46(2,3)38(32)25-30)34-23-21-29-14-7-8-15-31(29)44(34)47(40,4)5/h6-27H,1-5H3. The molecule has 7 aromatic carbocycles. The maximum Gasteiger partial charge on any atom is 0.159 e. The van der Waals surface area contributed by atoms with Crippen molar-refractivity contribution in [2.45, 2.75) is 45.4 Å². The Morgan fingerprint density at radius 2 is 1.12 bits per heavy atom. The van der Waals surface area contributed by atoms with Crippen LogP contribution in [0.25, 0.3) is 55.0 Å². The molecule has 0 spiro atoms. The van der Waals surface area contributed by atoms with Gasteiger partial charge in [-0.1, -0.05) is 119 Å². The largest absolute Gasteiger partial charge is 0.454 e. The first-order valence-electron chi connectivity index (χ1n) is 17.4. The van der Waals surface area contributed by atoms with Crippen LogP contribution in [0.1, 0.15) is 55.5 Å². The SMILES string of the molecule is Cc1ccccc1N(c1ccc2c(c1)C(C)(C)c1cc3c(cc1-2)C(C)(C)c1c-3ccc2ccccc12)c1cccc2c1oc1ccccc12. The van der Waals surface area contributed by atoms with E-state index in [9.17, 15) is 0 Å². The number of para-hydroxylation sites is 3. The van der Waals surface area contributed by atoms with E-state index in [-0.39, 0.29) is 10.8 Å². The van der Waals surface area contributed by atoms with E-state index in [2.05, 4.69) is 167 Å². The number of fused-ring (bicyclic) bond motifs is 11. The van der Waals surface area contributed by atoms with E-state index in [1.807, 2.05) is 6.07 Å². The van der Waals surface area contributed by atoms with Crippen molar-refractivity contribution in [3.05, 3.63) is 161 Å². The van der Waals surface area contributed by atoms with Gasteiger partial charge in [0.05, 0.1) is 5.69 Å². The number of benzene rings is 7. The van der Waals surface area contributed by atoms with Crippen molar-refractivity contribution in [3.8, 4) is 22.3 Å². The van der Waals surface area contributed by atoms with Crippen LogP contribution in [0.5, 0.6) is 0 Å². The third-order valence-corrected chi connectivity index (χ3v) is 11.6. The molecule has 1 heterocycles. The van der Waals surface area contributed by atoms with Crippen LogP contribution in [0.2, 0.25) is 0 Å². The molecule has 8 aromatic rings. The van der Waals surface area contributed by atoms with Crippen molar-refractivity contribution in [3.63, 3.8) is 0 Å². The summed E-state index contributed by atoms with van der Waals surface area (Å²) < 4.78 is 6.61. The van der Waals surface area contributed by atoms with E-state index in [1.165, 1.54) is 60.8 Å². The first kappa shape index (κ1) is 28.4. The van der Waals surface area contributed by atoms with Crippen LogP contribution in [0.3, 0.4) is 0 Å². The summed E-state index contributed by atoms with van der Waals surface area (Å²) in [5.74, 6) is 0. The molecule has 0 radical (unpaired) electrons. The summed E-state index contributed by atoms with van der Waals surface area (Å²) in [5.41, 5.74) is 17.1. The molecule has 2 aliphatic rings. The van der Waals surface area contributed by atoms with Crippen molar-refractivity contribution in [1.29, 1.82) is 0 Å². The van der Waals surface area contributed by atoms with Gasteiger partial charge >= 0.3 is 0 Å². The summed E-state index contributed by atoms with van der Waals surface area (Å²) in [6.07, 6.45) is 0. The van der Waals surface area contributed by atoms with Crippen molar-refractivity contribution in [2.24, 2.45) is 0 Å². The van der Waals surface area contributed by atoms with Crippen molar-refractivity contribution >= 4 is 49.8 Å². The zero-order valence-electron chi connectivity index (χ0n) is 28.6. The highest BCUT2D eigenvalue weighted by Crippen LogP contribution is 2.58. The third kappa shape index (κ3) is 3.77. The van der Waals surface area contributed by atoms with Gasteiger partial charge in [0.15, 0.2) is 5.58 Å². The van der Waals surface area contributed by atoms with Crippen molar-refractivity contribution in [2.75, 3.05) is 4.90 Å². The fraction of sp³-hybridized carbons (Fsp3) is 0.149. The summed E-state index contributed by atoms with van der Waals surface area (Å²) >= 11 is 0. The van der Waals surface area contributed by atoms with Gasteiger partial charge in [0.1, 0.15) is 5.58 Å². The zero-order valence-corrected chi connectivity index (χ0v) is 28.6. The van der Waals surface area contributed by atoms with Crippen LogP contribution < -0.4 is 4.90 Å². The Labute approximate surface area is 287 Å². The molecule has 0 saturated carbocycles. The molecule has 0 amide bonds. The molecule has 10 rings (SSSR count). The van der Waals surface area contributed by atoms with Gasteiger partial charge in [0.2, 0.25) is 0 Å². The summed E-state index contributed by atoms with van der Waals surface area (Å²) in [7, 11) is 0. The first-order chi connectivity index (χ1) is 23.7. The average Bonchev–Trinajstić information content (AvgIpc) is 3.68. The summed E-state index contributed by atoms with van der Waals surface area (Å²) in [4.78, 5) is 2.39. The topological polar surface area (TPSA) is 16.4 Å². The van der Waals surface area contributed by atoms with E-state index in [0.29, 0.717) is 0 Å². The lowest BCUT2D eigenvalue weighted by Gasteiger charge is -2.29. The van der Waals surface area contributed by atoms with Gasteiger partial charge in [-0.05, 0) is 110 Å². The second-order valence-corrected chi connectivity index (χ2v) is 15.0. The Morgan fingerprint density at radius 3 is 1.96 bits per heavy atom. The van der Waals surface area contributed by atoms with E-state index in [0.717, 1.165) is 39.0 Å². The molecular weight excluding hydrogens is 595 g/mol. The molecule has 0 unspecified atom stereocenters. The lowest BCUT2D eigenvalue weighted by molar-refractivity contribution is 0.654. The molecule has 2 aliphatic carbocycles. The lowest BCUT2D eigenvalue weighted by Crippen LogP contribution is -2.18. The Bertz CT molecular complexity index is 2690. The number of hydrogen-bond acceptors (Lipinski definition) is 2. The normalized spacial score (nSPS) is 15.0. The quantitative estimate of drug-likeness (QED) is 0.193. The lowest BCUT2D eigenvalue weighted by atomic mass is 9.78. The number of nitrogens with zero attached hydrogens (tertiary/aromatic N) is 1. The highest BCUT2D eigenvalue weighted by atomic mass is 16.3. The molecular formula is C47H37NO. The Kier molecular flexibility index (Phi) is 5.65. The van der Waals surface area contributed by atoms with E-state index in [4.69, 9.17) is 4.42 Å². The van der Waals surface area contributed by atoms with Crippen LogP contribution in [-0.2, 0) is 10.8 Å². The van der Waals surface area contributed by atoms with Crippen LogP contribution in [0.4, 0.5) is 17.1 Å². The smallest absolute Gasteiger partial charge is 0.159 e. The molecule has 0 N–H and O–H groups in total. The van der Waals surface area contributed by atoms with Gasteiger partial charge in [-0.15, -0.1) is 0 Å². The molecule has 0 aliphatic heterocycles. The maximum atomic E-state index is 6.61. The van der Waals surface area contributed by atoms with E-state index in [1.54, 1.807) is 0 Å². The fourth-order valence-corrected chi connectivity index (χ4v) is 9.08. The molecule has 236 valence electrons. The second kappa shape index (κ2) is 9.74. The summed E-state index contributed by atoms with van der Waals surface area (Å²) in [6, 6.07) is 49.1. The van der Waals surface area contributed by atoms with Gasteiger partial charge in [0.25, 0.3) is 0 Å². The number of rotatable bonds is 3. The number of hydrogen-bond donors (Lipinski definition) is 0. The molecule has 0 fully saturated rings. The maximum absolute atomic E-state index is 6.61. The average molecular weight is 632 g/mol. The van der Waals surface area contributed by atoms with Gasteiger partial charge in [0, 0.05) is 33.0 Å². The summed E-state index contributed by atoms with van der Waals surface area (Å²) in [6.45, 7) is 11.8. The summed E-state index contributed by atoms with van der Waals surface area (Å²) in [5, 5.41) is 4.94. The minimum atomic E-state index is -0.178. The molecule has 0 bridgehead atoms. The van der Waals surface area contributed by atoms with Gasteiger partial charge in [-0.3, -0.25) is 0 Å². The van der Waals surface area contributed by atoms with E-state index < -0.39 is 0 Å². The minimum absolute atomic E-state index is 0.0969. The predicted octanol–water partition coefficient (Wildman–Crippen LogP) is 13.1. The molecule has 49 heavy (non-hydrogen) atoms. The predicted molar refractivity (Wildman–Crippen MR) is 206 cm³/mol. The second-order valence-electron chi connectivity index (χ2n) is 15.0. The molecule has 2 nitrogen and oxygen atoms in total. The van der Waals surface area contributed by atoms with Crippen LogP contribution >= 0.6 is 0 Å². The zero-order chi connectivity index (χ0) is 33.2. The molecule has 0 atom stereocenters. The Hall–Kier alpha value is -5.60. The van der Waals surface area contributed by atoms with E-state index >= 15 is 0 Å². The monoisotopic (exact) mass is 631 g/mol. The van der Waals surface area contributed by atoms with Gasteiger partial charge < -0.3 is 9.32 Å². The van der Waals surface area contributed by atoms with Crippen LogP contribution in [-0.4, -0.2) is 0 Å². The minimum Gasteiger partial charge on any atom is -0.454 e. The van der Waals surface area contributed by atoms with Crippen LogP contribution in [0, 0.1) is 6.92 Å². The number of aryl methyl sites for hydroxylation is 1. The number of furan rings is 1. The Morgan fingerprint density at radius 1 is 0.490 bits per heavy atom. The van der Waals surface area contributed by atoms with Crippen molar-refractivity contribution in [1.82, 2.24) is 0 Å². The highest BCUT2D eigenvalue weighted by Gasteiger charge is 2.42. The molecule has 2 heteroatoms. The van der Waals surface area contributed by atoms with Crippen LogP contribution in [0.15, 0.2) is 138 Å². The Balaban J connectivity index is 1.17.